The molecule has 192 valence electrons. The highest BCUT2D eigenvalue weighted by Crippen LogP contribution is 2.40. The van der Waals surface area contributed by atoms with Crippen molar-refractivity contribution < 1.29 is 4.21 Å². The Kier molecular flexibility index (Phi) is 6.00. The van der Waals surface area contributed by atoms with E-state index in [1.54, 1.807) is 24.1 Å². The summed E-state index contributed by atoms with van der Waals surface area (Å²) in [5.41, 5.74) is 7.36. The zero-order valence-electron chi connectivity index (χ0n) is 21.9. The third-order valence-corrected chi connectivity index (χ3v) is 7.99. The molecule has 4 aromatic rings. The Labute approximate surface area is 218 Å². The number of aryl methyl sites for hydroxylation is 2. The summed E-state index contributed by atoms with van der Waals surface area (Å²) < 4.78 is 18.4. The van der Waals surface area contributed by atoms with Crippen LogP contribution in [0.4, 0.5) is 17.5 Å². The number of pyridine rings is 1. The van der Waals surface area contributed by atoms with Gasteiger partial charge in [0.15, 0.2) is 11.5 Å². The molecule has 37 heavy (non-hydrogen) atoms. The molecular formula is C28H33N7OS. The van der Waals surface area contributed by atoms with E-state index in [1.165, 1.54) is 30.5 Å². The van der Waals surface area contributed by atoms with Crippen molar-refractivity contribution >= 4 is 38.2 Å². The van der Waals surface area contributed by atoms with Gasteiger partial charge in [0.2, 0.25) is 5.95 Å². The van der Waals surface area contributed by atoms with Gasteiger partial charge >= 0.3 is 0 Å². The summed E-state index contributed by atoms with van der Waals surface area (Å²) >= 11 is 0. The number of rotatable bonds is 5. The molecule has 0 saturated heterocycles. The molecule has 0 bridgehead atoms. The lowest BCUT2D eigenvalue weighted by molar-refractivity contribution is 0.231. The average Bonchev–Trinajstić information content (AvgIpc) is 3.19. The predicted octanol–water partition coefficient (Wildman–Crippen LogP) is 5.48. The monoisotopic (exact) mass is 515 g/mol. The van der Waals surface area contributed by atoms with Gasteiger partial charge in [-0.25, -0.2) is 14.2 Å². The van der Waals surface area contributed by atoms with Crippen molar-refractivity contribution in [3.63, 3.8) is 0 Å². The molecule has 0 spiro atoms. The highest BCUT2D eigenvalue weighted by atomic mass is 32.2. The number of aromatic nitrogens is 4. The van der Waals surface area contributed by atoms with Crippen LogP contribution in [0.5, 0.6) is 0 Å². The van der Waals surface area contributed by atoms with Crippen molar-refractivity contribution in [2.45, 2.75) is 45.6 Å². The van der Waals surface area contributed by atoms with E-state index in [0.29, 0.717) is 23.5 Å². The van der Waals surface area contributed by atoms with Crippen molar-refractivity contribution in [2.75, 3.05) is 30.9 Å². The molecule has 0 fully saturated rings. The van der Waals surface area contributed by atoms with Crippen molar-refractivity contribution in [2.24, 2.45) is 4.36 Å². The van der Waals surface area contributed by atoms with Gasteiger partial charge in [0, 0.05) is 58.8 Å². The van der Waals surface area contributed by atoms with Crippen LogP contribution in [0.15, 0.2) is 47.1 Å². The van der Waals surface area contributed by atoms with E-state index in [4.69, 9.17) is 4.98 Å². The number of fused-ring (bicyclic) bond motifs is 1. The molecule has 1 N–H and O–H groups in total. The van der Waals surface area contributed by atoms with Crippen LogP contribution in [-0.4, -0.2) is 54.2 Å². The van der Waals surface area contributed by atoms with Gasteiger partial charge in [-0.15, -0.1) is 0 Å². The largest absolute Gasteiger partial charge is 0.324 e. The molecule has 0 radical (unpaired) electrons. The number of benzene rings is 1. The molecule has 1 unspecified atom stereocenters. The van der Waals surface area contributed by atoms with Gasteiger partial charge in [-0.3, -0.25) is 9.47 Å². The highest BCUT2D eigenvalue weighted by Gasteiger charge is 2.30. The Morgan fingerprint density at radius 2 is 2.03 bits per heavy atom. The van der Waals surface area contributed by atoms with E-state index in [9.17, 15) is 4.21 Å². The summed E-state index contributed by atoms with van der Waals surface area (Å²) in [5.74, 6) is 2.34. The first-order chi connectivity index (χ1) is 17.8. The second-order valence-corrected chi connectivity index (χ2v) is 13.0. The summed E-state index contributed by atoms with van der Waals surface area (Å²) in [6, 6.07) is 10.1. The van der Waals surface area contributed by atoms with E-state index in [-0.39, 0.29) is 0 Å². The van der Waals surface area contributed by atoms with E-state index in [1.807, 2.05) is 36.0 Å². The standard InChI is InChI=1S/C28H33N7OS/c1-5-34-16-20-9-6-8-19-12-22(13-21(17-34)26(19)20)30-28-29-14-23-18(2)15-35(27(23)32-28)25-11-7-10-24(31-25)33-37(3,4)36/h7,10-15,20H,5-6,8-9,16-17H2,1-4H3,(H,29,30,32). The van der Waals surface area contributed by atoms with Crippen molar-refractivity contribution in [1.29, 1.82) is 0 Å². The lowest BCUT2D eigenvalue weighted by atomic mass is 9.77. The minimum absolute atomic E-state index is 0.446. The Bertz CT molecular complexity index is 1630. The van der Waals surface area contributed by atoms with Crippen molar-refractivity contribution in [3.05, 3.63) is 65.0 Å². The van der Waals surface area contributed by atoms with Crippen LogP contribution in [0.25, 0.3) is 16.9 Å². The first-order valence-electron chi connectivity index (χ1n) is 12.9. The highest BCUT2D eigenvalue weighted by molar-refractivity contribution is 7.92. The van der Waals surface area contributed by atoms with Crippen LogP contribution >= 0.6 is 0 Å². The zero-order chi connectivity index (χ0) is 25.7. The molecule has 1 aromatic carbocycles. The molecule has 6 rings (SSSR count). The maximum absolute atomic E-state index is 12.2. The molecule has 8 nitrogen and oxygen atoms in total. The predicted molar refractivity (Wildman–Crippen MR) is 150 cm³/mol. The third-order valence-electron chi connectivity index (χ3n) is 7.36. The fraction of sp³-hybridized carbons (Fsp3) is 0.393. The average molecular weight is 516 g/mol. The van der Waals surface area contributed by atoms with Gasteiger partial charge in [-0.05, 0) is 85.2 Å². The van der Waals surface area contributed by atoms with Crippen LogP contribution in [-0.2, 0) is 22.7 Å². The fourth-order valence-corrected chi connectivity index (χ4v) is 6.33. The summed E-state index contributed by atoms with van der Waals surface area (Å²) in [5, 5.41) is 4.46. The second-order valence-electron chi connectivity index (χ2n) is 10.5. The number of likely N-dealkylation sites (N-methyl/N-ethyl adjacent to an activating group) is 1. The molecule has 3 aromatic heterocycles. The topological polar surface area (TPSA) is 88.3 Å². The van der Waals surface area contributed by atoms with E-state index < -0.39 is 9.73 Å². The first-order valence-corrected chi connectivity index (χ1v) is 15.2. The first kappa shape index (κ1) is 24.1. The normalized spacial score (nSPS) is 17.6. The lowest BCUT2D eigenvalue weighted by Gasteiger charge is -2.38. The van der Waals surface area contributed by atoms with E-state index in [0.717, 1.165) is 41.8 Å². The Morgan fingerprint density at radius 3 is 2.84 bits per heavy atom. The smallest absolute Gasteiger partial charge is 0.229 e. The summed E-state index contributed by atoms with van der Waals surface area (Å²) in [7, 11) is -2.31. The molecular weight excluding hydrogens is 482 g/mol. The second kappa shape index (κ2) is 9.22. The molecule has 4 heterocycles. The van der Waals surface area contributed by atoms with Crippen LogP contribution in [0.2, 0.25) is 0 Å². The molecule has 2 aliphatic rings. The van der Waals surface area contributed by atoms with Crippen molar-refractivity contribution in [1.82, 2.24) is 24.4 Å². The van der Waals surface area contributed by atoms with Crippen LogP contribution in [0.1, 0.15) is 47.9 Å². The van der Waals surface area contributed by atoms with Gasteiger partial charge in [-0.1, -0.05) is 13.0 Å². The Balaban J connectivity index is 1.38. The van der Waals surface area contributed by atoms with Gasteiger partial charge < -0.3 is 5.32 Å². The third kappa shape index (κ3) is 4.73. The number of hydrogen-bond donors (Lipinski definition) is 1. The summed E-state index contributed by atoms with van der Waals surface area (Å²) in [6.45, 7) is 7.55. The molecule has 1 aliphatic carbocycles. The van der Waals surface area contributed by atoms with Crippen LogP contribution < -0.4 is 5.32 Å². The number of hydrogen-bond acceptors (Lipinski definition) is 7. The van der Waals surface area contributed by atoms with Gasteiger partial charge in [0.1, 0.15) is 5.82 Å². The number of anilines is 2. The number of nitrogens with one attached hydrogen (secondary N) is 1. The Hall–Kier alpha value is -3.30. The fourth-order valence-electron chi connectivity index (χ4n) is 5.78. The zero-order valence-corrected chi connectivity index (χ0v) is 22.7. The van der Waals surface area contributed by atoms with E-state index >= 15 is 0 Å². The summed E-state index contributed by atoms with van der Waals surface area (Å²) in [6.07, 6.45) is 10.8. The van der Waals surface area contributed by atoms with E-state index in [2.05, 4.69) is 43.6 Å². The van der Waals surface area contributed by atoms with Crippen LogP contribution in [0.3, 0.4) is 0 Å². The molecule has 0 saturated carbocycles. The molecule has 9 heteroatoms. The Morgan fingerprint density at radius 1 is 1.19 bits per heavy atom. The lowest BCUT2D eigenvalue weighted by Crippen LogP contribution is -2.35. The molecule has 1 aliphatic heterocycles. The van der Waals surface area contributed by atoms with Crippen molar-refractivity contribution in [3.8, 4) is 5.82 Å². The number of nitrogens with zero attached hydrogens (tertiary/aromatic N) is 6. The maximum Gasteiger partial charge on any atom is 0.229 e. The molecule has 1 atom stereocenters. The SMILES string of the molecule is CCN1Cc2cc(Nc3ncc4c(C)cn(-c5cccc(N=S(C)(C)=O)n5)c4n3)cc3c2C(CCC3)C1. The maximum atomic E-state index is 12.2. The van der Waals surface area contributed by atoms with Gasteiger partial charge in [-0.2, -0.15) is 9.35 Å². The van der Waals surface area contributed by atoms with Crippen LogP contribution in [0, 0.1) is 6.92 Å². The minimum Gasteiger partial charge on any atom is -0.324 e. The van der Waals surface area contributed by atoms with Gasteiger partial charge in [0.05, 0.1) is 0 Å². The minimum atomic E-state index is -2.31. The molecule has 0 amide bonds. The summed E-state index contributed by atoms with van der Waals surface area (Å²) in [4.78, 5) is 16.7. The van der Waals surface area contributed by atoms with Gasteiger partial charge in [0.25, 0.3) is 0 Å². The quantitative estimate of drug-likeness (QED) is 0.379.